The van der Waals surface area contributed by atoms with Crippen LogP contribution in [0.4, 0.5) is 34.1 Å². The van der Waals surface area contributed by atoms with Gasteiger partial charge in [-0.15, -0.1) is 0 Å². The highest BCUT2D eigenvalue weighted by Crippen LogP contribution is 2.40. The lowest BCUT2D eigenvalue weighted by atomic mass is 9.86. The Bertz CT molecular complexity index is 2330. The number of nitrogens with two attached hydrogens (primary N) is 1. The minimum Gasteiger partial charge on any atom is -0.399 e. The van der Waals surface area contributed by atoms with Crippen LogP contribution < -0.4 is 26.4 Å². The van der Waals surface area contributed by atoms with Crippen molar-refractivity contribution >= 4 is 34.1 Å². The molecule has 0 bridgehead atoms. The summed E-state index contributed by atoms with van der Waals surface area (Å²) in [4.78, 5) is 4.71. The van der Waals surface area contributed by atoms with E-state index in [2.05, 4.69) is 256 Å². The number of hydrogen-bond donors (Lipinski definition) is 3. The van der Waals surface area contributed by atoms with E-state index in [1.54, 1.807) is 0 Å². The molecule has 0 saturated heterocycles. The zero-order valence-corrected chi connectivity index (χ0v) is 40.7. The molecule has 0 fully saturated rings. The second-order valence-corrected chi connectivity index (χ2v) is 21.4. The fourth-order valence-electron chi connectivity index (χ4n) is 7.91. The summed E-state index contributed by atoms with van der Waals surface area (Å²) in [7, 11) is 0. The van der Waals surface area contributed by atoms with E-state index in [1.807, 2.05) is 12.2 Å². The minimum atomic E-state index is -0.0223. The van der Waals surface area contributed by atoms with Gasteiger partial charge in [0.2, 0.25) is 0 Å². The average molecular weight is 852 g/mol. The summed E-state index contributed by atoms with van der Waals surface area (Å²) in [5, 5.41) is 0. The quantitative estimate of drug-likeness (QED) is 0.0579. The first-order chi connectivity index (χ1) is 30.1. The second-order valence-electron chi connectivity index (χ2n) is 21.4. The highest BCUT2D eigenvalue weighted by atomic mass is 15.4. The molecule has 1 atom stereocenters. The molecule has 0 spiro atoms. The fraction of sp³-hybridized carbons (Fsp3) is 0.322. The molecule has 0 heterocycles. The molecule has 4 N–H and O–H groups in total. The van der Waals surface area contributed by atoms with Crippen LogP contribution in [-0.2, 0) is 28.1 Å². The third kappa shape index (κ3) is 12.2. The van der Waals surface area contributed by atoms with E-state index in [-0.39, 0.29) is 27.7 Å². The molecule has 0 aliphatic rings. The molecule has 6 rings (SSSR count). The molecule has 0 radical (unpaired) electrons. The maximum absolute atomic E-state index is 5.82. The summed E-state index contributed by atoms with van der Waals surface area (Å²) >= 11 is 0. The van der Waals surface area contributed by atoms with Gasteiger partial charge in [0.05, 0.1) is 6.04 Å². The van der Waals surface area contributed by atoms with Crippen molar-refractivity contribution in [2.75, 3.05) is 16.3 Å². The number of allylic oxidation sites excluding steroid dienone is 1. The molecule has 5 heteroatoms. The topological polar surface area (TPSA) is 56.6 Å². The lowest BCUT2D eigenvalue weighted by molar-refractivity contribution is 0.456. The number of anilines is 6. The zero-order chi connectivity index (χ0) is 46.5. The van der Waals surface area contributed by atoms with Crippen molar-refractivity contribution in [3.63, 3.8) is 0 Å². The van der Waals surface area contributed by atoms with Crippen molar-refractivity contribution in [1.82, 2.24) is 10.9 Å². The standard InChI is InChI=1S/C59H73N5/c1-42(60)15-14-40-61-62-55(44-18-30-50(31-19-44)64(53-36-24-47(25-37-53)58(8,9)10)54-38-26-48(27-39-54)59(11,12)13)41-43-16-28-49(29-17-43)63(51-32-20-45(21-33-51)56(2,3)4)52-34-22-46(23-35-52)57(5,6)7/h14-39,55,61-62H,1,40-41,60H2,2-13H3/b15-14-. The molecule has 0 amide bonds. The first kappa shape index (κ1) is 47.6. The number of nitrogens with one attached hydrogen (secondary N) is 2. The van der Waals surface area contributed by atoms with E-state index < -0.39 is 0 Å². The van der Waals surface area contributed by atoms with Gasteiger partial charge in [0.1, 0.15) is 0 Å². The Labute approximate surface area is 386 Å². The van der Waals surface area contributed by atoms with E-state index >= 15 is 0 Å². The molecular weight excluding hydrogens is 779 g/mol. The number of benzene rings is 6. The maximum atomic E-state index is 5.82. The fourth-order valence-corrected chi connectivity index (χ4v) is 7.91. The van der Waals surface area contributed by atoms with Crippen molar-refractivity contribution in [2.45, 2.75) is 117 Å². The van der Waals surface area contributed by atoms with Crippen LogP contribution in [-0.4, -0.2) is 6.54 Å². The van der Waals surface area contributed by atoms with Gasteiger partial charge in [-0.05, 0) is 140 Å². The third-order valence-electron chi connectivity index (χ3n) is 12.0. The summed E-state index contributed by atoms with van der Waals surface area (Å²) in [5.41, 5.74) is 28.1. The van der Waals surface area contributed by atoms with Gasteiger partial charge in [-0.25, -0.2) is 5.43 Å². The molecule has 5 nitrogen and oxygen atoms in total. The Morgan fingerprint density at radius 2 is 0.750 bits per heavy atom. The lowest BCUT2D eigenvalue weighted by Crippen LogP contribution is -2.36. The van der Waals surface area contributed by atoms with Gasteiger partial charge in [-0.2, -0.15) is 0 Å². The normalized spacial score (nSPS) is 12.9. The SMILES string of the molecule is C=C(N)/C=C\CNNC(Cc1ccc(N(c2ccc(C(C)(C)C)cc2)c2ccc(C(C)(C)C)cc2)cc1)c1ccc(N(c2ccc(C(C)(C)C)cc2)c2ccc(C(C)(C)C)cc2)cc1. The van der Waals surface area contributed by atoms with Crippen LogP contribution in [0, 0.1) is 0 Å². The molecule has 0 aromatic heterocycles. The van der Waals surface area contributed by atoms with Gasteiger partial charge in [0.25, 0.3) is 0 Å². The molecule has 334 valence electrons. The van der Waals surface area contributed by atoms with E-state index in [0.29, 0.717) is 12.2 Å². The van der Waals surface area contributed by atoms with Crippen molar-refractivity contribution in [1.29, 1.82) is 0 Å². The van der Waals surface area contributed by atoms with Crippen LogP contribution >= 0.6 is 0 Å². The summed E-state index contributed by atoms with van der Waals surface area (Å²) < 4.78 is 0. The molecule has 64 heavy (non-hydrogen) atoms. The highest BCUT2D eigenvalue weighted by Gasteiger charge is 2.22. The van der Waals surface area contributed by atoms with Gasteiger partial charge in [-0.1, -0.05) is 169 Å². The van der Waals surface area contributed by atoms with Gasteiger partial charge >= 0.3 is 0 Å². The van der Waals surface area contributed by atoms with Crippen LogP contribution in [0.15, 0.2) is 170 Å². The molecule has 0 aliphatic heterocycles. The molecule has 6 aromatic rings. The smallest absolute Gasteiger partial charge is 0.0502 e. The number of nitrogens with zero attached hydrogens (tertiary/aromatic N) is 2. The first-order valence-corrected chi connectivity index (χ1v) is 22.9. The largest absolute Gasteiger partial charge is 0.399 e. The zero-order valence-electron chi connectivity index (χ0n) is 40.7. The summed E-state index contributed by atoms with van der Waals surface area (Å²) in [6, 6.07) is 54.1. The van der Waals surface area contributed by atoms with Gasteiger partial charge in [-0.3, -0.25) is 5.43 Å². The average Bonchev–Trinajstić information content (AvgIpc) is 3.23. The molecule has 6 aromatic carbocycles. The van der Waals surface area contributed by atoms with Gasteiger partial charge in [0, 0.05) is 46.4 Å². The van der Waals surface area contributed by atoms with Crippen LogP contribution in [0.25, 0.3) is 0 Å². The number of hydrazine groups is 1. The molecule has 0 saturated carbocycles. The van der Waals surface area contributed by atoms with E-state index in [0.717, 1.165) is 40.5 Å². The monoisotopic (exact) mass is 852 g/mol. The van der Waals surface area contributed by atoms with Crippen molar-refractivity contribution in [3.05, 3.63) is 203 Å². The molecule has 0 aliphatic carbocycles. The predicted octanol–water partition coefficient (Wildman–Crippen LogP) is 15.2. The van der Waals surface area contributed by atoms with Crippen LogP contribution in [0.5, 0.6) is 0 Å². The van der Waals surface area contributed by atoms with Crippen molar-refractivity contribution in [3.8, 4) is 0 Å². The van der Waals surface area contributed by atoms with E-state index in [1.165, 1.54) is 33.4 Å². The second kappa shape index (κ2) is 19.5. The van der Waals surface area contributed by atoms with Crippen molar-refractivity contribution < 1.29 is 0 Å². The lowest BCUT2D eigenvalue weighted by Gasteiger charge is -2.29. The van der Waals surface area contributed by atoms with Crippen LogP contribution in [0.3, 0.4) is 0 Å². The Morgan fingerprint density at radius 3 is 1.03 bits per heavy atom. The summed E-state index contributed by atoms with van der Waals surface area (Å²) in [5.74, 6) is 0. The number of rotatable bonds is 14. The Balaban J connectivity index is 1.32. The van der Waals surface area contributed by atoms with E-state index in [9.17, 15) is 0 Å². The Hall–Kier alpha value is -5.88. The number of hydrogen-bond acceptors (Lipinski definition) is 5. The van der Waals surface area contributed by atoms with Crippen LogP contribution in [0.1, 0.15) is 123 Å². The van der Waals surface area contributed by atoms with E-state index in [4.69, 9.17) is 5.73 Å². The summed E-state index contributed by atoms with van der Waals surface area (Å²) in [6.07, 6.45) is 4.58. The molecular formula is C59H73N5. The van der Waals surface area contributed by atoms with Crippen LogP contribution in [0.2, 0.25) is 0 Å². The highest BCUT2D eigenvalue weighted by molar-refractivity contribution is 5.78. The predicted molar refractivity (Wildman–Crippen MR) is 277 cm³/mol. The first-order valence-electron chi connectivity index (χ1n) is 22.9. The van der Waals surface area contributed by atoms with Crippen molar-refractivity contribution in [2.24, 2.45) is 5.73 Å². The summed E-state index contributed by atoms with van der Waals surface area (Å²) in [6.45, 7) is 31.5. The molecule has 1 unspecified atom stereocenters. The minimum absolute atomic E-state index is 0.0223. The maximum Gasteiger partial charge on any atom is 0.0502 e. The Morgan fingerprint density at radius 1 is 0.469 bits per heavy atom. The van der Waals surface area contributed by atoms with Gasteiger partial charge < -0.3 is 15.5 Å². The van der Waals surface area contributed by atoms with Gasteiger partial charge in [0.15, 0.2) is 0 Å². The third-order valence-corrected chi connectivity index (χ3v) is 12.0. The Kier molecular flexibility index (Phi) is 14.5.